The Bertz CT molecular complexity index is 675. The Kier molecular flexibility index (Phi) is 7.38. The van der Waals surface area contributed by atoms with Crippen molar-refractivity contribution >= 4 is 0 Å². The van der Waals surface area contributed by atoms with E-state index in [2.05, 4.69) is 44.2 Å². The molecule has 1 aromatic rings. The number of hydrogen-bond donors (Lipinski definition) is 0. The molecule has 0 heterocycles. The molecule has 0 aliphatic heterocycles. The third-order valence-corrected chi connectivity index (χ3v) is 8.31. The van der Waals surface area contributed by atoms with Gasteiger partial charge in [0.25, 0.3) is 0 Å². The van der Waals surface area contributed by atoms with Gasteiger partial charge in [-0.25, -0.2) is 0 Å². The van der Waals surface area contributed by atoms with E-state index in [-0.39, 0.29) is 0 Å². The number of fused-ring (bicyclic) bond motifs is 2. The molecule has 1 nitrogen and oxygen atoms in total. The first-order valence-corrected chi connectivity index (χ1v) is 12.6. The normalized spacial score (nSPS) is 32.0. The van der Waals surface area contributed by atoms with Crippen LogP contribution in [0.15, 0.2) is 30.4 Å². The van der Waals surface area contributed by atoms with Crippen LogP contribution in [0.2, 0.25) is 0 Å². The van der Waals surface area contributed by atoms with Crippen LogP contribution in [-0.2, 0) is 12.8 Å². The summed E-state index contributed by atoms with van der Waals surface area (Å²) in [6.45, 7) is 5.17. The molecule has 5 atom stereocenters. The highest BCUT2D eigenvalue weighted by molar-refractivity contribution is 5.37. The molecule has 0 amide bonds. The summed E-state index contributed by atoms with van der Waals surface area (Å²) in [5.41, 5.74) is 3.18. The summed E-state index contributed by atoms with van der Waals surface area (Å²) in [5, 5.41) is 0. The van der Waals surface area contributed by atoms with E-state index >= 15 is 0 Å². The average molecular weight is 395 g/mol. The predicted octanol–water partition coefficient (Wildman–Crippen LogP) is 7.77. The van der Waals surface area contributed by atoms with Gasteiger partial charge >= 0.3 is 0 Å². The average Bonchev–Trinajstić information content (AvgIpc) is 2.77. The third-order valence-electron chi connectivity index (χ3n) is 8.31. The molecule has 1 aromatic carbocycles. The summed E-state index contributed by atoms with van der Waals surface area (Å²) in [6.07, 6.45) is 21.4. The molecule has 29 heavy (non-hydrogen) atoms. The molecule has 4 rings (SSSR count). The minimum Gasteiger partial charge on any atom is -0.494 e. The Balaban J connectivity index is 1.37. The molecule has 0 saturated heterocycles. The molecule has 0 aromatic heterocycles. The highest BCUT2D eigenvalue weighted by Gasteiger charge is 2.41. The number of rotatable bonds is 7. The maximum Gasteiger partial charge on any atom is 0.119 e. The lowest BCUT2D eigenvalue weighted by molar-refractivity contribution is 0.0372. The standard InChI is InChI=1S/C28H42O/c1-3-5-6-8-21-11-16-28-24(18-21)9-7-10-27(28)25-13-12-23-20-26(29-17-4-2)15-14-22(23)19-25/h3,5,14-15,20-21,24-25,27-28H,4,6-13,16-19H2,1-2H3. The van der Waals surface area contributed by atoms with Crippen LogP contribution in [-0.4, -0.2) is 6.61 Å². The minimum absolute atomic E-state index is 0.836. The maximum absolute atomic E-state index is 5.88. The lowest BCUT2D eigenvalue weighted by Crippen LogP contribution is -2.39. The molecule has 2 saturated carbocycles. The van der Waals surface area contributed by atoms with Gasteiger partial charge in [-0.05, 0) is 118 Å². The number of hydrogen-bond acceptors (Lipinski definition) is 1. The lowest BCUT2D eigenvalue weighted by atomic mass is 9.58. The van der Waals surface area contributed by atoms with Crippen molar-refractivity contribution in [3.63, 3.8) is 0 Å². The van der Waals surface area contributed by atoms with Crippen molar-refractivity contribution in [1.29, 1.82) is 0 Å². The van der Waals surface area contributed by atoms with Crippen LogP contribution in [0.4, 0.5) is 0 Å². The Hall–Kier alpha value is -1.24. The van der Waals surface area contributed by atoms with Gasteiger partial charge < -0.3 is 4.74 Å². The Morgan fingerprint density at radius 2 is 1.90 bits per heavy atom. The molecule has 0 bridgehead atoms. The molecule has 5 unspecified atom stereocenters. The van der Waals surface area contributed by atoms with Gasteiger partial charge in [0, 0.05) is 0 Å². The topological polar surface area (TPSA) is 9.23 Å². The summed E-state index contributed by atoms with van der Waals surface area (Å²) >= 11 is 0. The van der Waals surface area contributed by atoms with E-state index in [0.29, 0.717) is 0 Å². The van der Waals surface area contributed by atoms with Gasteiger partial charge in [-0.3, -0.25) is 0 Å². The van der Waals surface area contributed by atoms with E-state index in [1.54, 1.807) is 11.1 Å². The van der Waals surface area contributed by atoms with Gasteiger partial charge in [-0.15, -0.1) is 0 Å². The van der Waals surface area contributed by atoms with E-state index in [4.69, 9.17) is 4.74 Å². The van der Waals surface area contributed by atoms with Crippen LogP contribution >= 0.6 is 0 Å². The van der Waals surface area contributed by atoms with Gasteiger partial charge in [0.2, 0.25) is 0 Å². The molecular weight excluding hydrogens is 352 g/mol. The van der Waals surface area contributed by atoms with E-state index < -0.39 is 0 Å². The fraction of sp³-hybridized carbons (Fsp3) is 0.714. The van der Waals surface area contributed by atoms with Crippen molar-refractivity contribution in [2.45, 2.75) is 90.9 Å². The maximum atomic E-state index is 5.88. The second kappa shape index (κ2) is 10.2. The molecule has 0 spiro atoms. The van der Waals surface area contributed by atoms with Crippen LogP contribution in [0.1, 0.15) is 89.2 Å². The zero-order valence-corrected chi connectivity index (χ0v) is 18.9. The third kappa shape index (κ3) is 5.09. The highest BCUT2D eigenvalue weighted by Crippen LogP contribution is 2.51. The van der Waals surface area contributed by atoms with Gasteiger partial charge in [0.05, 0.1) is 6.61 Å². The smallest absolute Gasteiger partial charge is 0.119 e. The van der Waals surface area contributed by atoms with Crippen molar-refractivity contribution in [1.82, 2.24) is 0 Å². The Morgan fingerprint density at radius 1 is 1.00 bits per heavy atom. The summed E-state index contributed by atoms with van der Waals surface area (Å²) < 4.78 is 5.88. The first-order valence-electron chi connectivity index (χ1n) is 12.6. The van der Waals surface area contributed by atoms with Crippen LogP contribution in [0.5, 0.6) is 5.75 Å². The summed E-state index contributed by atoms with van der Waals surface area (Å²) in [6, 6.07) is 6.93. The Labute approximate surface area is 179 Å². The monoisotopic (exact) mass is 394 g/mol. The molecule has 3 aliphatic rings. The summed E-state index contributed by atoms with van der Waals surface area (Å²) in [5.74, 6) is 6.06. The summed E-state index contributed by atoms with van der Waals surface area (Å²) in [7, 11) is 0. The zero-order valence-electron chi connectivity index (χ0n) is 18.9. The van der Waals surface area contributed by atoms with Crippen LogP contribution < -0.4 is 4.74 Å². The quantitative estimate of drug-likeness (QED) is 0.429. The van der Waals surface area contributed by atoms with E-state index in [9.17, 15) is 0 Å². The molecule has 2 fully saturated rings. The predicted molar refractivity (Wildman–Crippen MR) is 123 cm³/mol. The number of benzene rings is 1. The minimum atomic E-state index is 0.836. The first kappa shape index (κ1) is 21.0. The fourth-order valence-electron chi connectivity index (χ4n) is 6.89. The first-order chi connectivity index (χ1) is 14.3. The van der Waals surface area contributed by atoms with E-state index in [1.807, 2.05) is 0 Å². The van der Waals surface area contributed by atoms with E-state index in [0.717, 1.165) is 48.4 Å². The number of aryl methyl sites for hydroxylation is 1. The second-order valence-electron chi connectivity index (χ2n) is 10.1. The molecular formula is C28H42O. The lowest BCUT2D eigenvalue weighted by Gasteiger charge is -2.47. The molecule has 0 radical (unpaired) electrons. The van der Waals surface area contributed by atoms with Crippen LogP contribution in [0.25, 0.3) is 0 Å². The highest BCUT2D eigenvalue weighted by atomic mass is 16.5. The van der Waals surface area contributed by atoms with Gasteiger partial charge in [0.15, 0.2) is 0 Å². The van der Waals surface area contributed by atoms with Crippen LogP contribution in [0, 0.1) is 29.6 Å². The Morgan fingerprint density at radius 3 is 2.76 bits per heavy atom. The van der Waals surface area contributed by atoms with Crippen molar-refractivity contribution < 1.29 is 4.74 Å². The molecule has 160 valence electrons. The van der Waals surface area contributed by atoms with E-state index in [1.165, 1.54) is 70.6 Å². The molecule has 0 N–H and O–H groups in total. The fourth-order valence-corrected chi connectivity index (χ4v) is 6.89. The van der Waals surface area contributed by atoms with Gasteiger partial charge in [0.1, 0.15) is 5.75 Å². The van der Waals surface area contributed by atoms with Crippen molar-refractivity contribution in [3.8, 4) is 5.75 Å². The molecule has 3 aliphatic carbocycles. The number of allylic oxidation sites excluding steroid dienone is 2. The van der Waals surface area contributed by atoms with Crippen molar-refractivity contribution in [3.05, 3.63) is 41.5 Å². The second-order valence-corrected chi connectivity index (χ2v) is 10.1. The summed E-state index contributed by atoms with van der Waals surface area (Å²) in [4.78, 5) is 0. The van der Waals surface area contributed by atoms with Gasteiger partial charge in [-0.1, -0.05) is 44.4 Å². The molecule has 1 heteroatoms. The van der Waals surface area contributed by atoms with Crippen LogP contribution in [0.3, 0.4) is 0 Å². The largest absolute Gasteiger partial charge is 0.494 e. The van der Waals surface area contributed by atoms with Crippen molar-refractivity contribution in [2.24, 2.45) is 29.6 Å². The number of ether oxygens (including phenoxy) is 1. The SMILES string of the molecule is CC=CCCC1CCC2C(CCCC2C2CCc3cc(OCCC)ccc3C2)C1. The van der Waals surface area contributed by atoms with Gasteiger partial charge in [-0.2, -0.15) is 0 Å². The van der Waals surface area contributed by atoms with Crippen molar-refractivity contribution in [2.75, 3.05) is 6.61 Å². The zero-order chi connectivity index (χ0) is 20.1.